The molecular weight excluding hydrogens is 350 g/mol. The van der Waals surface area contributed by atoms with Gasteiger partial charge in [0.1, 0.15) is 17.7 Å². The van der Waals surface area contributed by atoms with Gasteiger partial charge in [-0.1, -0.05) is 18.9 Å². The van der Waals surface area contributed by atoms with E-state index in [0.717, 1.165) is 25.7 Å². The number of β-amino-alcohol motifs (C(OH)–C–C–N with tert-alkyl or cyclic N) is 1. The fraction of sp³-hybridized carbons (Fsp3) is 0.737. The molecule has 4 N–H and O–H groups in total. The van der Waals surface area contributed by atoms with E-state index in [4.69, 9.17) is 10.5 Å². The topological polar surface area (TPSA) is 122 Å². The molecule has 1 rings (SSSR count). The highest BCUT2D eigenvalue weighted by molar-refractivity contribution is 5.91. The summed E-state index contributed by atoms with van der Waals surface area (Å²) >= 11 is 0. The van der Waals surface area contributed by atoms with E-state index in [1.54, 1.807) is 20.8 Å². The Kier molecular flexibility index (Phi) is 8.75. The van der Waals surface area contributed by atoms with Gasteiger partial charge >= 0.3 is 6.09 Å². The smallest absolute Gasteiger partial charge is 0.408 e. The summed E-state index contributed by atoms with van der Waals surface area (Å²) in [5.41, 5.74) is 4.67. The van der Waals surface area contributed by atoms with Crippen molar-refractivity contribution >= 4 is 17.9 Å². The lowest BCUT2D eigenvalue weighted by molar-refractivity contribution is -0.139. The summed E-state index contributed by atoms with van der Waals surface area (Å²) < 4.78 is 5.25. The van der Waals surface area contributed by atoms with Crippen LogP contribution in [0.5, 0.6) is 0 Å². The highest BCUT2D eigenvalue weighted by atomic mass is 16.6. The molecule has 0 aliphatic carbocycles. The molecule has 1 aliphatic heterocycles. The molecule has 154 valence electrons. The SMILES string of the molecule is C=CCCCCC[C@H](NC(=O)OC(C)(C)C)C(=O)N1C[C@H](O)C[C@H]1C(N)=O. The Bertz CT molecular complexity index is 544. The number of nitrogens with zero attached hydrogens (tertiary/aromatic N) is 1. The number of rotatable bonds is 9. The van der Waals surface area contributed by atoms with Crippen LogP contribution in [0.15, 0.2) is 12.7 Å². The van der Waals surface area contributed by atoms with Crippen molar-refractivity contribution in [2.45, 2.75) is 83.1 Å². The van der Waals surface area contributed by atoms with Crippen LogP contribution in [-0.4, -0.2) is 58.2 Å². The second kappa shape index (κ2) is 10.3. The molecule has 0 bridgehead atoms. The summed E-state index contributed by atoms with van der Waals surface area (Å²) in [7, 11) is 0. The number of nitrogens with two attached hydrogens (primary N) is 1. The Morgan fingerprint density at radius 2 is 2.00 bits per heavy atom. The minimum absolute atomic E-state index is 0.0232. The van der Waals surface area contributed by atoms with E-state index in [1.165, 1.54) is 4.90 Å². The van der Waals surface area contributed by atoms with E-state index in [1.807, 2.05) is 6.08 Å². The third-order valence-electron chi connectivity index (χ3n) is 4.28. The van der Waals surface area contributed by atoms with Crippen LogP contribution in [0.4, 0.5) is 4.79 Å². The van der Waals surface area contributed by atoms with Gasteiger partial charge in [-0.05, 0) is 40.0 Å². The Morgan fingerprint density at radius 1 is 1.33 bits per heavy atom. The van der Waals surface area contributed by atoms with Crippen LogP contribution >= 0.6 is 0 Å². The third kappa shape index (κ3) is 7.99. The maximum atomic E-state index is 12.9. The molecule has 27 heavy (non-hydrogen) atoms. The predicted molar refractivity (Wildman–Crippen MR) is 102 cm³/mol. The fourth-order valence-corrected chi connectivity index (χ4v) is 3.05. The largest absolute Gasteiger partial charge is 0.444 e. The standard InChI is InChI=1S/C19H33N3O5/c1-5-6-7-8-9-10-14(21-18(26)27-19(2,3)4)17(25)22-12-13(23)11-15(22)16(20)24/h5,13-15,23H,1,6-12H2,2-4H3,(H2,20,24)(H,21,26)/t13-,14+,15+/m1/s1. The number of alkyl carbamates (subject to hydrolysis) is 1. The van der Waals surface area contributed by atoms with Crippen LogP contribution in [-0.2, 0) is 14.3 Å². The molecule has 1 saturated heterocycles. The van der Waals surface area contributed by atoms with Crippen molar-refractivity contribution in [3.8, 4) is 0 Å². The lowest BCUT2D eigenvalue weighted by Crippen LogP contribution is -2.53. The number of hydrogen-bond acceptors (Lipinski definition) is 5. The number of ether oxygens (including phenoxy) is 1. The second-order valence-electron chi connectivity index (χ2n) is 7.92. The van der Waals surface area contributed by atoms with Crippen LogP contribution in [0.1, 0.15) is 59.3 Å². The van der Waals surface area contributed by atoms with Gasteiger partial charge in [-0.15, -0.1) is 6.58 Å². The molecular formula is C19H33N3O5. The highest BCUT2D eigenvalue weighted by Crippen LogP contribution is 2.20. The van der Waals surface area contributed by atoms with E-state index >= 15 is 0 Å². The van der Waals surface area contributed by atoms with Crippen molar-refractivity contribution in [1.82, 2.24) is 10.2 Å². The summed E-state index contributed by atoms with van der Waals surface area (Å²) in [4.78, 5) is 38.0. The lowest BCUT2D eigenvalue weighted by atomic mass is 10.1. The van der Waals surface area contributed by atoms with Gasteiger partial charge in [0.15, 0.2) is 0 Å². The first-order valence-corrected chi connectivity index (χ1v) is 9.43. The van der Waals surface area contributed by atoms with Gasteiger partial charge in [0, 0.05) is 13.0 Å². The number of aliphatic hydroxyl groups excluding tert-OH is 1. The van der Waals surface area contributed by atoms with Gasteiger partial charge < -0.3 is 25.8 Å². The maximum Gasteiger partial charge on any atom is 0.408 e. The third-order valence-corrected chi connectivity index (χ3v) is 4.28. The normalized spacial score (nSPS) is 20.8. The Morgan fingerprint density at radius 3 is 2.56 bits per heavy atom. The van der Waals surface area contributed by atoms with Crippen LogP contribution in [0.25, 0.3) is 0 Å². The fourth-order valence-electron chi connectivity index (χ4n) is 3.05. The van der Waals surface area contributed by atoms with E-state index in [9.17, 15) is 19.5 Å². The predicted octanol–water partition coefficient (Wildman–Crippen LogP) is 1.46. The molecule has 0 saturated carbocycles. The minimum atomic E-state index is -0.865. The Balaban J connectivity index is 2.81. The quantitative estimate of drug-likeness (QED) is 0.411. The van der Waals surface area contributed by atoms with E-state index in [2.05, 4.69) is 11.9 Å². The molecule has 0 aromatic rings. The van der Waals surface area contributed by atoms with Crippen molar-refractivity contribution < 1.29 is 24.2 Å². The number of unbranched alkanes of at least 4 members (excludes halogenated alkanes) is 3. The zero-order chi connectivity index (χ0) is 20.6. The van der Waals surface area contributed by atoms with Gasteiger partial charge in [-0.3, -0.25) is 9.59 Å². The first-order chi connectivity index (χ1) is 12.5. The van der Waals surface area contributed by atoms with Crippen molar-refractivity contribution in [2.75, 3.05) is 6.54 Å². The molecule has 3 amide bonds. The molecule has 1 heterocycles. The Hall–Kier alpha value is -2.09. The number of primary amides is 1. The number of amides is 3. The highest BCUT2D eigenvalue weighted by Gasteiger charge is 2.40. The molecule has 0 unspecified atom stereocenters. The summed E-state index contributed by atoms with van der Waals surface area (Å²) in [5, 5.41) is 12.4. The van der Waals surface area contributed by atoms with Crippen molar-refractivity contribution in [3.63, 3.8) is 0 Å². The van der Waals surface area contributed by atoms with Crippen LogP contribution < -0.4 is 11.1 Å². The average Bonchev–Trinajstić information content (AvgIpc) is 2.93. The maximum absolute atomic E-state index is 12.9. The number of likely N-dealkylation sites (tertiary alicyclic amines) is 1. The molecule has 0 radical (unpaired) electrons. The van der Waals surface area contributed by atoms with Gasteiger partial charge in [-0.2, -0.15) is 0 Å². The number of carbonyl (C=O) groups is 3. The first-order valence-electron chi connectivity index (χ1n) is 9.43. The molecule has 0 spiro atoms. The van der Waals surface area contributed by atoms with Crippen molar-refractivity contribution in [3.05, 3.63) is 12.7 Å². The minimum Gasteiger partial charge on any atom is -0.444 e. The summed E-state index contributed by atoms with van der Waals surface area (Å²) in [5.74, 6) is -1.09. The number of carbonyl (C=O) groups excluding carboxylic acids is 3. The number of hydrogen-bond donors (Lipinski definition) is 3. The zero-order valence-corrected chi connectivity index (χ0v) is 16.6. The van der Waals surface area contributed by atoms with Crippen LogP contribution in [0, 0.1) is 0 Å². The molecule has 0 aromatic carbocycles. The monoisotopic (exact) mass is 383 g/mol. The molecule has 8 heteroatoms. The van der Waals surface area contributed by atoms with Crippen LogP contribution in [0.3, 0.4) is 0 Å². The van der Waals surface area contributed by atoms with Crippen molar-refractivity contribution in [2.24, 2.45) is 5.73 Å². The second-order valence-corrected chi connectivity index (χ2v) is 7.92. The number of allylic oxidation sites excluding steroid dienone is 1. The summed E-state index contributed by atoms with van der Waals surface area (Å²) in [6, 6.07) is -1.70. The molecule has 8 nitrogen and oxygen atoms in total. The molecule has 1 fully saturated rings. The Labute approximate surface area is 161 Å². The van der Waals surface area contributed by atoms with Gasteiger partial charge in [0.05, 0.1) is 6.10 Å². The molecule has 3 atom stereocenters. The summed E-state index contributed by atoms with van der Waals surface area (Å²) in [6.45, 7) is 8.91. The number of aliphatic hydroxyl groups is 1. The molecule has 1 aliphatic rings. The van der Waals surface area contributed by atoms with E-state index < -0.39 is 41.7 Å². The number of nitrogens with one attached hydrogen (secondary N) is 1. The van der Waals surface area contributed by atoms with Gasteiger partial charge in [0.25, 0.3) is 0 Å². The lowest BCUT2D eigenvalue weighted by Gasteiger charge is -2.28. The average molecular weight is 383 g/mol. The van der Waals surface area contributed by atoms with E-state index in [0.29, 0.717) is 6.42 Å². The molecule has 0 aromatic heterocycles. The first kappa shape index (κ1) is 23.0. The van der Waals surface area contributed by atoms with Crippen molar-refractivity contribution in [1.29, 1.82) is 0 Å². The van der Waals surface area contributed by atoms with Crippen LogP contribution in [0.2, 0.25) is 0 Å². The van der Waals surface area contributed by atoms with Gasteiger partial charge in [-0.25, -0.2) is 4.79 Å². The van der Waals surface area contributed by atoms with E-state index in [-0.39, 0.29) is 13.0 Å². The van der Waals surface area contributed by atoms with Gasteiger partial charge in [0.2, 0.25) is 11.8 Å². The summed E-state index contributed by atoms with van der Waals surface area (Å²) in [6.07, 6.45) is 4.30. The zero-order valence-electron chi connectivity index (χ0n) is 16.6.